The van der Waals surface area contributed by atoms with Gasteiger partial charge in [-0.2, -0.15) is 4.98 Å². The Balaban J connectivity index is 1.89. The molecule has 0 aromatic carbocycles. The van der Waals surface area contributed by atoms with E-state index in [1.165, 1.54) is 0 Å². The number of anilines is 1. The topological polar surface area (TPSA) is 89.1 Å². The Kier molecular flexibility index (Phi) is 3.35. The summed E-state index contributed by atoms with van der Waals surface area (Å²) in [6.07, 6.45) is 1.29. The van der Waals surface area contributed by atoms with E-state index in [1.54, 1.807) is 0 Å². The summed E-state index contributed by atoms with van der Waals surface area (Å²) in [6.45, 7) is 2.96. The Morgan fingerprint density at radius 3 is 3.31 bits per heavy atom. The van der Waals surface area contributed by atoms with Crippen molar-refractivity contribution in [1.82, 2.24) is 15.2 Å². The van der Waals surface area contributed by atoms with E-state index < -0.39 is 0 Å². The van der Waals surface area contributed by atoms with Crippen molar-refractivity contribution in [2.45, 2.75) is 25.9 Å². The number of hydrogen-bond acceptors (Lipinski definition) is 5. The molecule has 1 aliphatic heterocycles. The van der Waals surface area contributed by atoms with Crippen molar-refractivity contribution in [1.29, 1.82) is 0 Å². The molecule has 0 spiro atoms. The summed E-state index contributed by atoms with van der Waals surface area (Å²) in [6, 6.07) is 0.227. The van der Waals surface area contributed by atoms with Crippen LogP contribution in [0.25, 0.3) is 0 Å². The Morgan fingerprint density at radius 2 is 2.62 bits per heavy atom. The van der Waals surface area contributed by atoms with Gasteiger partial charge in [0.1, 0.15) is 6.10 Å². The number of aromatic amines is 1. The predicted octanol–water partition coefficient (Wildman–Crippen LogP) is 0.321. The molecule has 88 valence electrons. The monoisotopic (exact) mass is 226 g/mol. The van der Waals surface area contributed by atoms with Crippen molar-refractivity contribution in [2.24, 2.45) is 0 Å². The van der Waals surface area contributed by atoms with Crippen molar-refractivity contribution in [3.8, 4) is 6.01 Å². The van der Waals surface area contributed by atoms with E-state index in [1.807, 2.05) is 6.92 Å². The maximum atomic E-state index is 11.6. The molecule has 7 nitrogen and oxygen atoms in total. The number of amides is 1. The molecule has 0 saturated carbocycles. The standard InChI is InChI=1S/C9H14N4O3/c1-2-15-9-11-8(12-13-9)10-7(14)6-4-3-5-16-6/h6H,2-5H2,1H3,(H2,10,11,12,13,14). The zero-order valence-electron chi connectivity index (χ0n) is 9.02. The molecule has 1 atom stereocenters. The van der Waals surface area contributed by atoms with Crippen LogP contribution in [0.2, 0.25) is 0 Å². The fourth-order valence-electron chi connectivity index (χ4n) is 1.48. The van der Waals surface area contributed by atoms with Gasteiger partial charge in [0.15, 0.2) is 0 Å². The van der Waals surface area contributed by atoms with Gasteiger partial charge in [0.05, 0.1) is 6.61 Å². The Hall–Kier alpha value is -1.63. The van der Waals surface area contributed by atoms with Gasteiger partial charge in [-0.1, -0.05) is 0 Å². The third-order valence-electron chi connectivity index (χ3n) is 2.20. The zero-order chi connectivity index (χ0) is 11.4. The molecule has 2 heterocycles. The van der Waals surface area contributed by atoms with Crippen LogP contribution in [0.5, 0.6) is 6.01 Å². The molecule has 1 amide bonds. The summed E-state index contributed by atoms with van der Waals surface area (Å²) in [7, 11) is 0. The highest BCUT2D eigenvalue weighted by atomic mass is 16.5. The Labute approximate surface area is 92.5 Å². The van der Waals surface area contributed by atoms with Crippen molar-refractivity contribution in [2.75, 3.05) is 18.5 Å². The quantitative estimate of drug-likeness (QED) is 0.771. The van der Waals surface area contributed by atoms with Crippen LogP contribution in [-0.2, 0) is 9.53 Å². The molecule has 1 saturated heterocycles. The number of H-pyrrole nitrogens is 1. The van der Waals surface area contributed by atoms with Crippen LogP contribution in [-0.4, -0.2) is 40.4 Å². The predicted molar refractivity (Wildman–Crippen MR) is 55.2 cm³/mol. The molecule has 1 aliphatic rings. The van der Waals surface area contributed by atoms with Crippen LogP contribution < -0.4 is 10.1 Å². The lowest BCUT2D eigenvalue weighted by Gasteiger charge is -2.07. The highest BCUT2D eigenvalue weighted by Gasteiger charge is 2.24. The number of hydrogen-bond donors (Lipinski definition) is 2. The van der Waals surface area contributed by atoms with Gasteiger partial charge in [-0.15, -0.1) is 5.10 Å². The molecule has 0 radical (unpaired) electrons. The van der Waals surface area contributed by atoms with Crippen LogP contribution in [0.15, 0.2) is 0 Å². The SMILES string of the molecule is CCOc1n[nH]c(NC(=O)C2CCCO2)n1. The van der Waals surface area contributed by atoms with Gasteiger partial charge >= 0.3 is 6.01 Å². The van der Waals surface area contributed by atoms with Gasteiger partial charge in [-0.05, 0) is 19.8 Å². The molecule has 1 aromatic rings. The van der Waals surface area contributed by atoms with E-state index in [9.17, 15) is 4.79 Å². The van der Waals surface area contributed by atoms with Crippen molar-refractivity contribution in [3.63, 3.8) is 0 Å². The second-order valence-electron chi connectivity index (χ2n) is 3.39. The smallest absolute Gasteiger partial charge is 0.337 e. The number of ether oxygens (including phenoxy) is 2. The van der Waals surface area contributed by atoms with E-state index >= 15 is 0 Å². The highest BCUT2D eigenvalue weighted by molar-refractivity contribution is 5.92. The third kappa shape index (κ3) is 2.48. The fourth-order valence-corrected chi connectivity index (χ4v) is 1.48. The first-order valence-corrected chi connectivity index (χ1v) is 5.27. The summed E-state index contributed by atoms with van der Waals surface area (Å²) in [5, 5.41) is 8.93. The van der Waals surface area contributed by atoms with Crippen LogP contribution in [0.4, 0.5) is 5.95 Å². The minimum absolute atomic E-state index is 0.198. The van der Waals surface area contributed by atoms with Gasteiger partial charge in [0.2, 0.25) is 5.95 Å². The molecule has 1 fully saturated rings. The molecule has 2 N–H and O–H groups in total. The van der Waals surface area contributed by atoms with E-state index in [0.29, 0.717) is 13.2 Å². The van der Waals surface area contributed by atoms with Crippen molar-refractivity contribution in [3.05, 3.63) is 0 Å². The second-order valence-corrected chi connectivity index (χ2v) is 3.39. The maximum absolute atomic E-state index is 11.6. The van der Waals surface area contributed by atoms with E-state index in [-0.39, 0.29) is 24.0 Å². The first-order valence-electron chi connectivity index (χ1n) is 5.27. The van der Waals surface area contributed by atoms with Crippen LogP contribution in [0.3, 0.4) is 0 Å². The highest BCUT2D eigenvalue weighted by Crippen LogP contribution is 2.14. The fraction of sp³-hybridized carbons (Fsp3) is 0.667. The number of aromatic nitrogens is 3. The molecule has 2 rings (SSSR count). The molecule has 1 aromatic heterocycles. The minimum Gasteiger partial charge on any atom is -0.463 e. The van der Waals surface area contributed by atoms with E-state index in [0.717, 1.165) is 12.8 Å². The third-order valence-corrected chi connectivity index (χ3v) is 2.20. The Bertz CT molecular complexity index is 359. The molecular formula is C9H14N4O3. The zero-order valence-corrected chi connectivity index (χ0v) is 9.02. The lowest BCUT2D eigenvalue weighted by Crippen LogP contribution is -2.27. The van der Waals surface area contributed by atoms with Crippen LogP contribution >= 0.6 is 0 Å². The largest absolute Gasteiger partial charge is 0.463 e. The number of carbonyl (C=O) groups excluding carboxylic acids is 1. The second kappa shape index (κ2) is 4.93. The lowest BCUT2D eigenvalue weighted by molar-refractivity contribution is -0.124. The van der Waals surface area contributed by atoms with Crippen molar-refractivity contribution < 1.29 is 14.3 Å². The maximum Gasteiger partial charge on any atom is 0.337 e. The average Bonchev–Trinajstić information content (AvgIpc) is 2.89. The van der Waals surface area contributed by atoms with E-state index in [4.69, 9.17) is 9.47 Å². The first kappa shape index (κ1) is 10.9. The van der Waals surface area contributed by atoms with Gasteiger partial charge in [0.25, 0.3) is 5.91 Å². The summed E-state index contributed by atoms with van der Waals surface area (Å²) in [4.78, 5) is 15.6. The lowest BCUT2D eigenvalue weighted by atomic mass is 10.2. The van der Waals surface area contributed by atoms with E-state index in [2.05, 4.69) is 20.5 Å². The molecule has 1 unspecified atom stereocenters. The number of rotatable bonds is 4. The average molecular weight is 226 g/mol. The summed E-state index contributed by atoms with van der Waals surface area (Å²) in [5.41, 5.74) is 0. The number of nitrogens with zero attached hydrogens (tertiary/aromatic N) is 2. The molecule has 16 heavy (non-hydrogen) atoms. The van der Waals surface area contributed by atoms with Crippen molar-refractivity contribution >= 4 is 11.9 Å². The van der Waals surface area contributed by atoms with Crippen LogP contribution in [0, 0.1) is 0 Å². The summed E-state index contributed by atoms with van der Waals surface area (Å²) < 4.78 is 10.3. The number of carbonyl (C=O) groups is 1. The van der Waals surface area contributed by atoms with Gasteiger partial charge in [-0.25, -0.2) is 5.10 Å². The Morgan fingerprint density at radius 1 is 1.75 bits per heavy atom. The molecule has 7 heteroatoms. The minimum atomic E-state index is -0.374. The molecule has 0 bridgehead atoms. The number of nitrogens with one attached hydrogen (secondary N) is 2. The normalized spacial score (nSPS) is 19.7. The molecule has 0 aliphatic carbocycles. The first-order chi connectivity index (χ1) is 7.79. The summed E-state index contributed by atoms with van der Waals surface area (Å²) >= 11 is 0. The summed E-state index contributed by atoms with van der Waals surface area (Å²) in [5.74, 6) is 0.0839. The van der Waals surface area contributed by atoms with Gasteiger partial charge in [0, 0.05) is 6.61 Å². The van der Waals surface area contributed by atoms with Gasteiger partial charge in [-0.3, -0.25) is 10.1 Å². The van der Waals surface area contributed by atoms with Crippen LogP contribution in [0.1, 0.15) is 19.8 Å². The van der Waals surface area contributed by atoms with Gasteiger partial charge < -0.3 is 9.47 Å². The molecular weight excluding hydrogens is 212 g/mol.